The fraction of sp³-hybridized carbons (Fsp3) is 0.636. The number of carbonyl (C=O) groups excluding carboxylic acids is 2. The zero-order valence-electron chi connectivity index (χ0n) is 34.4. The largest absolute Gasteiger partial charge is 0.756 e. The summed E-state index contributed by atoms with van der Waals surface area (Å²) in [6, 6.07) is 0. The van der Waals surface area contributed by atoms with E-state index < -0.39 is 32.5 Å². The van der Waals surface area contributed by atoms with Crippen LogP contribution in [0.2, 0.25) is 0 Å². The first kappa shape index (κ1) is 51.2. The van der Waals surface area contributed by atoms with Crippen molar-refractivity contribution in [3.05, 3.63) is 85.1 Å². The zero-order chi connectivity index (χ0) is 40.0. The lowest BCUT2D eigenvalue weighted by atomic mass is 10.1. The molecular formula is C44H74NO8P. The molecule has 1 unspecified atom stereocenters. The van der Waals surface area contributed by atoms with Crippen LogP contribution < -0.4 is 4.89 Å². The van der Waals surface area contributed by atoms with Gasteiger partial charge in [-0.15, -0.1) is 0 Å². The van der Waals surface area contributed by atoms with E-state index in [4.69, 9.17) is 18.5 Å². The average Bonchev–Trinajstić information content (AvgIpc) is 3.12. The molecule has 0 aromatic heterocycles. The summed E-state index contributed by atoms with van der Waals surface area (Å²) in [6.45, 7) is 3.89. The van der Waals surface area contributed by atoms with Crippen molar-refractivity contribution in [1.29, 1.82) is 0 Å². The van der Waals surface area contributed by atoms with Crippen molar-refractivity contribution in [2.24, 2.45) is 0 Å². The number of ether oxygens (including phenoxy) is 2. The second-order valence-electron chi connectivity index (χ2n) is 14.3. The van der Waals surface area contributed by atoms with Crippen molar-refractivity contribution in [2.75, 3.05) is 47.5 Å². The first-order valence-corrected chi connectivity index (χ1v) is 21.8. The minimum Gasteiger partial charge on any atom is -0.756 e. The maximum Gasteiger partial charge on any atom is 0.306 e. The smallest absolute Gasteiger partial charge is 0.306 e. The molecule has 54 heavy (non-hydrogen) atoms. The molecule has 0 aromatic rings. The number of unbranched alkanes of at least 4 members (excludes halogenated alkanes) is 10. The van der Waals surface area contributed by atoms with Crippen LogP contribution in [0.15, 0.2) is 85.1 Å². The Morgan fingerprint density at radius 3 is 1.70 bits per heavy atom. The van der Waals surface area contributed by atoms with Gasteiger partial charge < -0.3 is 27.9 Å². The SMILES string of the molecule is CC/C=C/C=C/C=C/C=C/CCCCCCCC(=O)O[C@H](COC(=O)CCCCCCC/C=C/C/C=C/C/C=C/CC)COP(=O)([O-])OCC[N+](C)(C)C. The van der Waals surface area contributed by atoms with Crippen molar-refractivity contribution < 1.29 is 42.1 Å². The fourth-order valence-electron chi connectivity index (χ4n) is 4.85. The molecule has 0 radical (unpaired) electrons. The van der Waals surface area contributed by atoms with Crippen LogP contribution in [-0.4, -0.2) is 70.0 Å². The summed E-state index contributed by atoms with van der Waals surface area (Å²) in [4.78, 5) is 37.4. The number of phosphoric ester groups is 1. The maximum absolute atomic E-state index is 12.6. The lowest BCUT2D eigenvalue weighted by molar-refractivity contribution is -0.870. The summed E-state index contributed by atoms with van der Waals surface area (Å²) in [5.74, 6) is -0.893. The van der Waals surface area contributed by atoms with Gasteiger partial charge in [-0.3, -0.25) is 14.2 Å². The molecule has 0 N–H and O–H groups in total. The second-order valence-corrected chi connectivity index (χ2v) is 15.7. The van der Waals surface area contributed by atoms with E-state index in [0.717, 1.165) is 89.9 Å². The highest BCUT2D eigenvalue weighted by Gasteiger charge is 2.21. The van der Waals surface area contributed by atoms with Crippen LogP contribution in [0, 0.1) is 0 Å². The maximum atomic E-state index is 12.6. The molecule has 0 saturated carbocycles. The first-order chi connectivity index (χ1) is 26.0. The number of quaternary nitrogens is 1. The minimum atomic E-state index is -4.64. The third-order valence-corrected chi connectivity index (χ3v) is 8.97. The molecule has 0 aromatic carbocycles. The predicted octanol–water partition coefficient (Wildman–Crippen LogP) is 10.6. The molecule has 0 fully saturated rings. The Kier molecular flexibility index (Phi) is 34.0. The van der Waals surface area contributed by atoms with E-state index in [-0.39, 0.29) is 26.1 Å². The van der Waals surface area contributed by atoms with Gasteiger partial charge in [0, 0.05) is 12.8 Å². The Bertz CT molecular complexity index is 1200. The third kappa shape index (κ3) is 38.9. The van der Waals surface area contributed by atoms with Crippen molar-refractivity contribution in [3.63, 3.8) is 0 Å². The van der Waals surface area contributed by atoms with Gasteiger partial charge in [-0.05, 0) is 64.2 Å². The Morgan fingerprint density at radius 1 is 0.593 bits per heavy atom. The summed E-state index contributed by atoms with van der Waals surface area (Å²) < 4.78 is 33.8. The molecule has 0 saturated heterocycles. The Morgan fingerprint density at radius 2 is 1.09 bits per heavy atom. The topological polar surface area (TPSA) is 111 Å². The molecule has 0 aliphatic rings. The van der Waals surface area contributed by atoms with E-state index in [0.29, 0.717) is 23.9 Å². The Labute approximate surface area is 329 Å². The average molecular weight is 776 g/mol. The lowest BCUT2D eigenvalue weighted by Crippen LogP contribution is -2.37. The fourth-order valence-corrected chi connectivity index (χ4v) is 5.58. The van der Waals surface area contributed by atoms with Gasteiger partial charge in [-0.25, -0.2) is 0 Å². The quantitative estimate of drug-likeness (QED) is 0.0156. The van der Waals surface area contributed by atoms with Gasteiger partial charge in [0.2, 0.25) is 0 Å². The molecule has 9 nitrogen and oxygen atoms in total. The van der Waals surface area contributed by atoms with Crippen LogP contribution in [0.25, 0.3) is 0 Å². The molecule has 0 aliphatic heterocycles. The van der Waals surface area contributed by atoms with E-state index in [1.165, 1.54) is 0 Å². The van der Waals surface area contributed by atoms with Crippen LogP contribution in [0.4, 0.5) is 0 Å². The van der Waals surface area contributed by atoms with Crippen LogP contribution >= 0.6 is 7.82 Å². The summed E-state index contributed by atoms with van der Waals surface area (Å²) in [5, 5.41) is 0. The predicted molar refractivity (Wildman–Crippen MR) is 222 cm³/mol. The molecular weight excluding hydrogens is 701 g/mol. The van der Waals surface area contributed by atoms with Gasteiger partial charge in [0.15, 0.2) is 6.10 Å². The van der Waals surface area contributed by atoms with Gasteiger partial charge in [-0.2, -0.15) is 0 Å². The zero-order valence-corrected chi connectivity index (χ0v) is 35.3. The number of rotatable bonds is 35. The van der Waals surface area contributed by atoms with Crippen LogP contribution in [0.3, 0.4) is 0 Å². The van der Waals surface area contributed by atoms with E-state index in [2.05, 4.69) is 68.5 Å². The Balaban J connectivity index is 4.50. The molecule has 0 rings (SSSR count). The highest BCUT2D eigenvalue weighted by atomic mass is 31.2. The third-order valence-electron chi connectivity index (χ3n) is 8.01. The Hall–Kier alpha value is -2.81. The van der Waals surface area contributed by atoms with Crippen molar-refractivity contribution in [2.45, 2.75) is 136 Å². The monoisotopic (exact) mass is 776 g/mol. The van der Waals surface area contributed by atoms with Gasteiger partial charge in [0.25, 0.3) is 7.82 Å². The molecule has 308 valence electrons. The molecule has 0 bridgehead atoms. The van der Waals surface area contributed by atoms with E-state index in [9.17, 15) is 19.0 Å². The van der Waals surface area contributed by atoms with Crippen LogP contribution in [-0.2, 0) is 32.7 Å². The van der Waals surface area contributed by atoms with Crippen molar-refractivity contribution >= 4 is 19.8 Å². The van der Waals surface area contributed by atoms with Gasteiger partial charge in [-0.1, -0.05) is 137 Å². The number of likely N-dealkylation sites (N-methyl/N-ethyl adjacent to an activating group) is 1. The second kappa shape index (κ2) is 35.9. The molecule has 0 heterocycles. The number of carbonyl (C=O) groups is 2. The van der Waals surface area contributed by atoms with Gasteiger partial charge in [0.1, 0.15) is 19.8 Å². The number of hydrogen-bond donors (Lipinski definition) is 0. The van der Waals surface area contributed by atoms with Gasteiger partial charge in [0.05, 0.1) is 27.7 Å². The number of phosphoric acid groups is 1. The number of esters is 2. The summed E-state index contributed by atoms with van der Waals surface area (Å²) in [5.41, 5.74) is 0. The van der Waals surface area contributed by atoms with E-state index >= 15 is 0 Å². The van der Waals surface area contributed by atoms with Crippen LogP contribution in [0.5, 0.6) is 0 Å². The van der Waals surface area contributed by atoms with E-state index in [1.54, 1.807) is 0 Å². The lowest BCUT2D eigenvalue weighted by Gasteiger charge is -2.28. The first-order valence-electron chi connectivity index (χ1n) is 20.3. The number of nitrogens with zero attached hydrogens (tertiary/aromatic N) is 1. The summed E-state index contributed by atoms with van der Waals surface area (Å²) in [7, 11) is 1.12. The molecule has 10 heteroatoms. The highest BCUT2D eigenvalue weighted by molar-refractivity contribution is 7.45. The van der Waals surface area contributed by atoms with Crippen molar-refractivity contribution in [1.82, 2.24) is 0 Å². The van der Waals surface area contributed by atoms with E-state index in [1.807, 2.05) is 51.5 Å². The number of hydrogen-bond acceptors (Lipinski definition) is 8. The standard InChI is InChI=1S/C44H74NO8P/c1-6-8-10-12-14-16-18-20-22-24-26-28-30-32-34-36-43(46)50-40-42(41-52-54(48,49)51-39-38-45(3,4)5)53-44(47)37-35-33-31-29-27-25-23-21-19-17-15-13-11-9-7-2/h8-11,13-17,19-23,42H,6-7,12,18,24-41H2,1-5H3/b10-8+,11-9+,15-13+,16-14+,19-17+,22-20+,23-21+/t42-/m1/s1. The normalized spacial score (nSPS) is 14.6. The van der Waals surface area contributed by atoms with Gasteiger partial charge >= 0.3 is 11.9 Å². The summed E-state index contributed by atoms with van der Waals surface area (Å²) in [6.07, 6.45) is 44.6. The molecule has 2 atom stereocenters. The van der Waals surface area contributed by atoms with Crippen molar-refractivity contribution in [3.8, 4) is 0 Å². The highest BCUT2D eigenvalue weighted by Crippen LogP contribution is 2.38. The molecule has 0 amide bonds. The molecule has 0 spiro atoms. The van der Waals surface area contributed by atoms with Crippen LogP contribution in [0.1, 0.15) is 129 Å². The minimum absolute atomic E-state index is 0.0441. The molecule has 0 aliphatic carbocycles. The number of allylic oxidation sites excluding steroid dienone is 14. The summed E-state index contributed by atoms with van der Waals surface area (Å²) >= 11 is 0.